The quantitative estimate of drug-likeness (QED) is 0.667. The molecule has 0 aliphatic rings. The fraction of sp³-hybridized carbons (Fsp3) is 0.400. The van der Waals surface area contributed by atoms with E-state index < -0.39 is 0 Å². The minimum Gasteiger partial charge on any atom is -0.467 e. The summed E-state index contributed by atoms with van der Waals surface area (Å²) in [5.41, 5.74) is 2.44. The molecule has 0 saturated heterocycles. The lowest BCUT2D eigenvalue weighted by atomic mass is 10.3. The first-order valence-corrected chi connectivity index (χ1v) is 8.60. The Morgan fingerprint density at radius 3 is 2.88 bits per heavy atom. The Bertz CT molecular complexity index is 869. The number of furan rings is 1. The minimum absolute atomic E-state index is 0.128. The van der Waals surface area contributed by atoms with Crippen LogP contribution in [0.15, 0.2) is 28.0 Å². The molecular weight excluding hydrogens is 342 g/mol. The first-order chi connectivity index (χ1) is 12.0. The van der Waals surface area contributed by atoms with Gasteiger partial charge >= 0.3 is 0 Å². The molecule has 3 heterocycles. The zero-order valence-corrected chi connectivity index (χ0v) is 15.2. The second-order valence-electron chi connectivity index (χ2n) is 5.62. The van der Waals surface area contributed by atoms with E-state index in [0.717, 1.165) is 22.8 Å². The summed E-state index contributed by atoms with van der Waals surface area (Å²) < 4.78 is 8.66. The summed E-state index contributed by atoms with van der Waals surface area (Å²) >= 11 is 1.29. The van der Waals surface area contributed by atoms with Gasteiger partial charge in [0.05, 0.1) is 28.6 Å². The Hall–Kier alpha value is -2.62. The topological polar surface area (TPSA) is 104 Å². The SMILES string of the molecule is Cc1nn(C)c(C)c1NC(=O)C(C)Sc1nnnn1Cc1ccco1. The molecular formula is C15H19N7O2S. The van der Waals surface area contributed by atoms with Gasteiger partial charge in [-0.2, -0.15) is 5.10 Å². The molecule has 0 bridgehead atoms. The second kappa shape index (κ2) is 7.09. The predicted molar refractivity (Wildman–Crippen MR) is 92.3 cm³/mol. The first-order valence-electron chi connectivity index (χ1n) is 7.72. The summed E-state index contributed by atoms with van der Waals surface area (Å²) in [5, 5.41) is 19.0. The highest BCUT2D eigenvalue weighted by molar-refractivity contribution is 8.00. The maximum absolute atomic E-state index is 12.5. The molecule has 0 aromatic carbocycles. The van der Waals surface area contributed by atoms with Crippen LogP contribution in [0.3, 0.4) is 0 Å². The van der Waals surface area contributed by atoms with Gasteiger partial charge in [-0.1, -0.05) is 11.8 Å². The van der Waals surface area contributed by atoms with Crippen molar-refractivity contribution in [2.24, 2.45) is 7.05 Å². The Morgan fingerprint density at radius 1 is 1.44 bits per heavy atom. The van der Waals surface area contributed by atoms with Gasteiger partial charge in [-0.05, 0) is 43.3 Å². The molecule has 3 aromatic heterocycles. The van der Waals surface area contributed by atoms with E-state index in [2.05, 4.69) is 25.9 Å². The lowest BCUT2D eigenvalue weighted by Crippen LogP contribution is -2.23. The molecule has 1 amide bonds. The standard InChI is InChI=1S/C15H19N7O2S/c1-9-13(10(2)21(4)18-9)16-14(23)11(3)25-15-17-19-20-22(15)8-12-6-5-7-24-12/h5-7,11H,8H2,1-4H3,(H,16,23). The van der Waals surface area contributed by atoms with E-state index >= 15 is 0 Å². The Morgan fingerprint density at radius 2 is 2.24 bits per heavy atom. The van der Waals surface area contributed by atoms with Crippen LogP contribution in [0.2, 0.25) is 0 Å². The molecule has 3 rings (SSSR count). The normalized spacial score (nSPS) is 12.3. The van der Waals surface area contributed by atoms with Gasteiger partial charge in [-0.25, -0.2) is 4.68 Å². The molecule has 1 atom stereocenters. The van der Waals surface area contributed by atoms with E-state index in [9.17, 15) is 4.79 Å². The van der Waals surface area contributed by atoms with Crippen molar-refractivity contribution in [3.63, 3.8) is 0 Å². The number of amides is 1. The van der Waals surface area contributed by atoms with E-state index in [0.29, 0.717) is 11.7 Å². The van der Waals surface area contributed by atoms with Gasteiger partial charge in [-0.15, -0.1) is 5.10 Å². The number of thioether (sulfide) groups is 1. The minimum atomic E-state index is -0.375. The molecule has 10 heteroatoms. The van der Waals surface area contributed by atoms with Gasteiger partial charge in [0.25, 0.3) is 0 Å². The molecule has 1 unspecified atom stereocenters. The highest BCUT2D eigenvalue weighted by Crippen LogP contribution is 2.24. The molecule has 0 fully saturated rings. The summed E-state index contributed by atoms with van der Waals surface area (Å²) in [5.74, 6) is 0.615. The van der Waals surface area contributed by atoms with Gasteiger partial charge in [0, 0.05) is 7.05 Å². The lowest BCUT2D eigenvalue weighted by Gasteiger charge is -2.11. The number of rotatable bonds is 6. The van der Waals surface area contributed by atoms with E-state index in [1.165, 1.54) is 11.8 Å². The number of nitrogens with one attached hydrogen (secondary N) is 1. The van der Waals surface area contributed by atoms with Crippen molar-refractivity contribution in [3.05, 3.63) is 35.5 Å². The third-order valence-corrected chi connectivity index (χ3v) is 4.86. The highest BCUT2D eigenvalue weighted by Gasteiger charge is 2.21. The van der Waals surface area contributed by atoms with E-state index in [1.807, 2.05) is 33.9 Å². The maximum Gasteiger partial charge on any atom is 0.237 e. The van der Waals surface area contributed by atoms with Crippen molar-refractivity contribution in [1.29, 1.82) is 0 Å². The fourth-order valence-corrected chi connectivity index (χ4v) is 3.11. The lowest BCUT2D eigenvalue weighted by molar-refractivity contribution is -0.115. The van der Waals surface area contributed by atoms with Crippen LogP contribution >= 0.6 is 11.8 Å². The van der Waals surface area contributed by atoms with Crippen molar-refractivity contribution in [2.45, 2.75) is 37.7 Å². The van der Waals surface area contributed by atoms with Crippen LogP contribution in [0.25, 0.3) is 0 Å². The Kier molecular flexibility index (Phi) is 4.88. The summed E-state index contributed by atoms with van der Waals surface area (Å²) in [6, 6.07) is 3.65. The zero-order valence-electron chi connectivity index (χ0n) is 14.4. The number of aromatic nitrogens is 6. The van der Waals surface area contributed by atoms with Gasteiger partial charge in [0.1, 0.15) is 12.3 Å². The van der Waals surface area contributed by atoms with Crippen molar-refractivity contribution in [3.8, 4) is 0 Å². The van der Waals surface area contributed by atoms with Crippen molar-refractivity contribution >= 4 is 23.4 Å². The van der Waals surface area contributed by atoms with Crippen LogP contribution in [0.1, 0.15) is 24.1 Å². The van der Waals surface area contributed by atoms with E-state index in [-0.39, 0.29) is 11.2 Å². The van der Waals surface area contributed by atoms with Crippen molar-refractivity contribution in [2.75, 3.05) is 5.32 Å². The van der Waals surface area contributed by atoms with Gasteiger partial charge in [0.2, 0.25) is 11.1 Å². The average Bonchev–Trinajstić information content (AvgIpc) is 3.28. The zero-order chi connectivity index (χ0) is 18.0. The number of carbonyl (C=O) groups excluding carboxylic acids is 1. The fourth-order valence-electron chi connectivity index (χ4n) is 2.32. The predicted octanol–water partition coefficient (Wildman–Crippen LogP) is 1.78. The molecule has 132 valence electrons. The van der Waals surface area contributed by atoms with Crippen LogP contribution in [0, 0.1) is 13.8 Å². The number of hydrogen-bond acceptors (Lipinski definition) is 7. The number of hydrogen-bond donors (Lipinski definition) is 1. The second-order valence-corrected chi connectivity index (χ2v) is 6.93. The monoisotopic (exact) mass is 361 g/mol. The first kappa shape index (κ1) is 17.2. The maximum atomic E-state index is 12.5. The van der Waals surface area contributed by atoms with Gasteiger partial charge < -0.3 is 9.73 Å². The number of carbonyl (C=O) groups is 1. The summed E-state index contributed by atoms with van der Waals surface area (Å²) in [7, 11) is 1.85. The van der Waals surface area contributed by atoms with E-state index in [4.69, 9.17) is 4.42 Å². The molecule has 9 nitrogen and oxygen atoms in total. The Balaban J connectivity index is 1.67. The average molecular weight is 361 g/mol. The number of aryl methyl sites for hydroxylation is 2. The van der Waals surface area contributed by atoms with Crippen LogP contribution < -0.4 is 5.32 Å². The summed E-state index contributed by atoms with van der Waals surface area (Å²) in [6.07, 6.45) is 1.60. The molecule has 0 saturated carbocycles. The van der Waals surface area contributed by atoms with Gasteiger partial charge in [0.15, 0.2) is 0 Å². The Labute approximate surface area is 148 Å². The molecule has 1 N–H and O–H groups in total. The third-order valence-electron chi connectivity index (χ3n) is 3.79. The highest BCUT2D eigenvalue weighted by atomic mass is 32.2. The van der Waals surface area contributed by atoms with Gasteiger partial charge in [-0.3, -0.25) is 9.48 Å². The van der Waals surface area contributed by atoms with E-state index in [1.54, 1.807) is 21.7 Å². The van der Waals surface area contributed by atoms with Crippen molar-refractivity contribution < 1.29 is 9.21 Å². The van der Waals surface area contributed by atoms with Crippen LogP contribution in [-0.2, 0) is 18.4 Å². The molecule has 0 spiro atoms. The molecule has 25 heavy (non-hydrogen) atoms. The number of anilines is 1. The third kappa shape index (κ3) is 3.73. The van der Waals surface area contributed by atoms with Crippen LogP contribution in [0.5, 0.6) is 0 Å². The number of nitrogens with zero attached hydrogens (tertiary/aromatic N) is 6. The summed E-state index contributed by atoms with van der Waals surface area (Å²) in [4.78, 5) is 12.5. The molecule has 0 aliphatic heterocycles. The largest absolute Gasteiger partial charge is 0.467 e. The molecule has 0 radical (unpaired) electrons. The van der Waals surface area contributed by atoms with Crippen LogP contribution in [0.4, 0.5) is 5.69 Å². The van der Waals surface area contributed by atoms with Crippen LogP contribution in [-0.4, -0.2) is 41.1 Å². The summed E-state index contributed by atoms with van der Waals surface area (Å²) in [6.45, 7) is 6.01. The number of tetrazole rings is 1. The smallest absolute Gasteiger partial charge is 0.237 e. The van der Waals surface area contributed by atoms with Crippen molar-refractivity contribution in [1.82, 2.24) is 30.0 Å². The molecule has 3 aromatic rings. The molecule has 0 aliphatic carbocycles.